The lowest BCUT2D eigenvalue weighted by Crippen LogP contribution is -2.37. The molecule has 0 saturated carbocycles. The Hall–Kier alpha value is -0.240. The molecule has 0 aliphatic carbocycles. The second kappa shape index (κ2) is 6.97. The highest BCUT2D eigenvalue weighted by atomic mass is 31.2. The van der Waals surface area contributed by atoms with Crippen LogP contribution in [0.2, 0.25) is 0 Å². The minimum atomic E-state index is -5.11. The first-order valence-electron chi connectivity index (χ1n) is 5.50. The van der Waals surface area contributed by atoms with E-state index in [9.17, 15) is 26.5 Å². The van der Waals surface area contributed by atoms with Gasteiger partial charge in [0.05, 0.1) is 6.61 Å². The van der Waals surface area contributed by atoms with Crippen molar-refractivity contribution in [3.05, 3.63) is 0 Å². The van der Waals surface area contributed by atoms with Gasteiger partial charge in [0.2, 0.25) is 0 Å². The van der Waals surface area contributed by atoms with Gasteiger partial charge in [-0.3, -0.25) is 9.05 Å². The fourth-order valence-electron chi connectivity index (χ4n) is 1.04. The Bertz CT molecular complexity index is 320. The van der Waals surface area contributed by atoms with Gasteiger partial charge in [0.25, 0.3) is 5.92 Å². The Morgan fingerprint density at radius 1 is 1.26 bits per heavy atom. The van der Waals surface area contributed by atoms with Crippen molar-refractivity contribution >= 4 is 7.82 Å². The molecule has 0 spiro atoms. The Balaban J connectivity index is 4.49. The molecule has 2 unspecified atom stereocenters. The summed E-state index contributed by atoms with van der Waals surface area (Å²) >= 11 is 0. The Morgan fingerprint density at radius 3 is 2.21 bits per heavy atom. The van der Waals surface area contributed by atoms with Crippen molar-refractivity contribution in [2.24, 2.45) is 0 Å². The first-order valence-corrected chi connectivity index (χ1v) is 6.99. The first-order chi connectivity index (χ1) is 8.40. The first kappa shape index (κ1) is 18.8. The average molecular weight is 314 g/mol. The third-order valence-corrected chi connectivity index (χ3v) is 3.17. The number of rotatable bonds is 8. The lowest BCUT2D eigenvalue weighted by atomic mass is 10.1. The van der Waals surface area contributed by atoms with Crippen molar-refractivity contribution in [3.63, 3.8) is 0 Å². The number of hydrogen-bond acceptors (Lipinski definition) is 3. The van der Waals surface area contributed by atoms with Gasteiger partial charge in [-0.2, -0.15) is 13.2 Å². The molecule has 1 N–H and O–H groups in total. The summed E-state index contributed by atoms with van der Waals surface area (Å²) in [6.07, 6.45) is -8.92. The van der Waals surface area contributed by atoms with Gasteiger partial charge in [-0.05, 0) is 13.3 Å². The number of unbranched alkanes of at least 4 members (excludes halogenated alkanes) is 1. The van der Waals surface area contributed by atoms with Crippen LogP contribution in [-0.4, -0.2) is 29.7 Å². The second-order valence-corrected chi connectivity index (χ2v) is 5.36. The molecule has 0 aromatic heterocycles. The number of alkyl halides is 5. The zero-order valence-corrected chi connectivity index (χ0v) is 11.3. The van der Waals surface area contributed by atoms with Crippen molar-refractivity contribution in [3.8, 4) is 0 Å². The molecule has 0 heterocycles. The van der Waals surface area contributed by atoms with E-state index >= 15 is 0 Å². The highest BCUT2D eigenvalue weighted by molar-refractivity contribution is 7.47. The van der Waals surface area contributed by atoms with Crippen LogP contribution in [0.15, 0.2) is 0 Å². The zero-order valence-electron chi connectivity index (χ0n) is 10.4. The quantitative estimate of drug-likeness (QED) is 0.419. The molecule has 2 atom stereocenters. The van der Waals surface area contributed by atoms with Crippen LogP contribution in [0.1, 0.15) is 33.1 Å². The summed E-state index contributed by atoms with van der Waals surface area (Å²) in [7, 11) is -4.79. The molecule has 0 rings (SSSR count). The molecule has 10 heteroatoms. The van der Waals surface area contributed by atoms with Crippen molar-refractivity contribution < 1.29 is 40.5 Å². The third kappa shape index (κ3) is 8.52. The van der Waals surface area contributed by atoms with Crippen LogP contribution < -0.4 is 0 Å². The maximum atomic E-state index is 13.1. The van der Waals surface area contributed by atoms with Gasteiger partial charge in [0.15, 0.2) is 0 Å². The van der Waals surface area contributed by atoms with Crippen LogP contribution >= 0.6 is 7.82 Å². The van der Waals surface area contributed by atoms with E-state index in [-0.39, 0.29) is 6.61 Å². The molecule has 0 aliphatic rings. The number of hydrogen-bond donors (Lipinski definition) is 1. The summed E-state index contributed by atoms with van der Waals surface area (Å²) in [5.74, 6) is -4.31. The molecule has 0 aliphatic heterocycles. The van der Waals surface area contributed by atoms with Gasteiger partial charge >= 0.3 is 14.0 Å². The summed E-state index contributed by atoms with van der Waals surface area (Å²) in [6.45, 7) is 2.13. The summed E-state index contributed by atoms with van der Waals surface area (Å²) in [4.78, 5) is 9.07. The molecular formula is C9H16F5O4P. The highest BCUT2D eigenvalue weighted by Crippen LogP contribution is 2.48. The topological polar surface area (TPSA) is 55.8 Å². The van der Waals surface area contributed by atoms with Gasteiger partial charge in [-0.15, -0.1) is 0 Å². The molecule has 116 valence electrons. The predicted octanol–water partition coefficient (Wildman–Crippen LogP) is 3.90. The normalized spacial score (nSPS) is 18.1. The summed E-state index contributed by atoms with van der Waals surface area (Å²) < 4.78 is 81.5. The highest BCUT2D eigenvalue weighted by Gasteiger charge is 2.49. The molecular weight excluding hydrogens is 298 g/mol. The van der Waals surface area contributed by atoms with Crippen LogP contribution in [0.5, 0.6) is 0 Å². The second-order valence-electron chi connectivity index (χ2n) is 3.96. The monoisotopic (exact) mass is 314 g/mol. The standard InChI is InChI=1S/C9H16F5O4P/c1-3-4-5-17-19(15,16)18-7(2)8(10,11)6-9(12,13)14/h7H,3-6H2,1-2H3,(H,15,16). The summed E-state index contributed by atoms with van der Waals surface area (Å²) in [5.41, 5.74) is 0. The fourth-order valence-corrected chi connectivity index (χ4v) is 2.02. The molecule has 0 fully saturated rings. The van der Waals surface area contributed by atoms with E-state index in [1.807, 2.05) is 0 Å². The molecule has 0 radical (unpaired) electrons. The Kier molecular flexibility index (Phi) is 6.88. The maximum absolute atomic E-state index is 13.1. The van der Waals surface area contributed by atoms with Crippen LogP contribution in [0.3, 0.4) is 0 Å². The van der Waals surface area contributed by atoms with E-state index in [0.29, 0.717) is 19.8 Å². The Labute approximate surface area is 107 Å². The molecule has 0 bridgehead atoms. The Morgan fingerprint density at radius 2 is 1.79 bits per heavy atom. The van der Waals surface area contributed by atoms with E-state index < -0.39 is 32.4 Å². The van der Waals surface area contributed by atoms with E-state index in [1.54, 1.807) is 6.92 Å². The van der Waals surface area contributed by atoms with Gasteiger partial charge in [0, 0.05) is 0 Å². The lowest BCUT2D eigenvalue weighted by Gasteiger charge is -2.26. The van der Waals surface area contributed by atoms with Crippen molar-refractivity contribution in [1.82, 2.24) is 0 Å². The largest absolute Gasteiger partial charge is 0.472 e. The van der Waals surface area contributed by atoms with Crippen molar-refractivity contribution in [1.29, 1.82) is 0 Å². The predicted molar refractivity (Wildman–Crippen MR) is 56.9 cm³/mol. The van der Waals surface area contributed by atoms with E-state index in [2.05, 4.69) is 9.05 Å². The van der Waals surface area contributed by atoms with Gasteiger partial charge < -0.3 is 4.89 Å². The van der Waals surface area contributed by atoms with Crippen LogP contribution in [0.25, 0.3) is 0 Å². The van der Waals surface area contributed by atoms with Gasteiger partial charge in [0.1, 0.15) is 12.5 Å². The number of phosphoric ester groups is 1. The zero-order chi connectivity index (χ0) is 15.3. The van der Waals surface area contributed by atoms with E-state index in [0.717, 1.165) is 0 Å². The molecule has 0 aromatic rings. The van der Waals surface area contributed by atoms with Crippen molar-refractivity contribution in [2.75, 3.05) is 6.61 Å². The van der Waals surface area contributed by atoms with E-state index in [1.165, 1.54) is 0 Å². The SMILES string of the molecule is CCCCOP(=O)(O)OC(C)C(F)(F)CC(F)(F)F. The molecule has 19 heavy (non-hydrogen) atoms. The number of halogens is 5. The molecule has 0 saturated heterocycles. The average Bonchev–Trinajstić information content (AvgIpc) is 2.13. The maximum Gasteiger partial charge on any atom is 0.472 e. The summed E-state index contributed by atoms with van der Waals surface area (Å²) in [5, 5.41) is 0. The fraction of sp³-hybridized carbons (Fsp3) is 1.00. The van der Waals surface area contributed by atoms with Crippen LogP contribution in [-0.2, 0) is 13.6 Å². The van der Waals surface area contributed by atoms with E-state index in [4.69, 9.17) is 4.89 Å². The third-order valence-electron chi connectivity index (χ3n) is 2.07. The smallest absolute Gasteiger partial charge is 0.302 e. The van der Waals surface area contributed by atoms with Gasteiger partial charge in [-0.25, -0.2) is 13.3 Å². The van der Waals surface area contributed by atoms with Crippen molar-refractivity contribution in [2.45, 2.75) is 51.3 Å². The van der Waals surface area contributed by atoms with Crippen LogP contribution in [0, 0.1) is 0 Å². The minimum absolute atomic E-state index is 0.207. The number of phosphoric acid groups is 1. The van der Waals surface area contributed by atoms with Crippen LogP contribution in [0.4, 0.5) is 22.0 Å². The summed E-state index contributed by atoms with van der Waals surface area (Å²) in [6, 6.07) is 0. The molecule has 0 amide bonds. The van der Waals surface area contributed by atoms with Gasteiger partial charge in [-0.1, -0.05) is 13.3 Å². The molecule has 0 aromatic carbocycles. The minimum Gasteiger partial charge on any atom is -0.302 e. The lowest BCUT2D eigenvalue weighted by molar-refractivity contribution is -0.210. The molecule has 4 nitrogen and oxygen atoms in total.